The zero-order valence-electron chi connectivity index (χ0n) is 16.3. The molecule has 0 aliphatic heterocycles. The summed E-state index contributed by atoms with van der Waals surface area (Å²) in [5, 5.41) is 2.83. The van der Waals surface area contributed by atoms with Crippen molar-refractivity contribution in [3.8, 4) is 11.5 Å². The van der Waals surface area contributed by atoms with Crippen molar-refractivity contribution in [2.45, 2.75) is 33.7 Å². The molecule has 0 bridgehead atoms. The van der Waals surface area contributed by atoms with E-state index in [1.807, 2.05) is 13.8 Å². The van der Waals surface area contributed by atoms with Crippen LogP contribution in [-0.2, 0) is 4.79 Å². The molecule has 8 heteroatoms. The highest BCUT2D eigenvalue weighted by atomic mass is 35.5. The summed E-state index contributed by atoms with van der Waals surface area (Å²) in [4.78, 5) is 14.4. The number of ether oxygens (including phenoxy) is 2. The molecule has 0 unspecified atom stereocenters. The molecule has 0 radical (unpaired) electrons. The van der Waals surface area contributed by atoms with Crippen LogP contribution in [-0.4, -0.2) is 50.2 Å². The minimum atomic E-state index is -0.542. The summed E-state index contributed by atoms with van der Waals surface area (Å²) < 4.78 is 11.2. The number of anilines is 1. The third kappa shape index (κ3) is 8.45. The highest BCUT2D eigenvalue weighted by Gasteiger charge is 2.18. The van der Waals surface area contributed by atoms with E-state index in [2.05, 4.69) is 24.1 Å². The molecule has 0 spiro atoms. The van der Waals surface area contributed by atoms with E-state index in [-0.39, 0.29) is 36.6 Å². The summed E-state index contributed by atoms with van der Waals surface area (Å²) in [6.45, 7) is 11.4. The normalized spacial score (nSPS) is 11.4. The van der Waals surface area contributed by atoms with E-state index in [9.17, 15) is 4.79 Å². The van der Waals surface area contributed by atoms with E-state index in [0.29, 0.717) is 23.8 Å². The Morgan fingerprint density at radius 2 is 1.81 bits per heavy atom. The topological polar surface area (TPSA) is 76.8 Å². The van der Waals surface area contributed by atoms with Crippen LogP contribution in [0.2, 0.25) is 0 Å². The lowest BCUT2D eigenvalue weighted by molar-refractivity contribution is -0.118. The molecule has 1 aromatic rings. The van der Waals surface area contributed by atoms with Gasteiger partial charge in [-0.05, 0) is 31.1 Å². The highest BCUT2D eigenvalue weighted by molar-refractivity contribution is 5.95. The number of carbonyl (C=O) groups is 1. The molecule has 0 fully saturated rings. The number of halogens is 2. The maximum Gasteiger partial charge on any atom is 0.241 e. The zero-order valence-corrected chi connectivity index (χ0v) is 17.9. The number of carbonyl (C=O) groups excluding carboxylic acids is 1. The van der Waals surface area contributed by atoms with Gasteiger partial charge < -0.3 is 25.4 Å². The number of benzene rings is 1. The van der Waals surface area contributed by atoms with Gasteiger partial charge in [-0.2, -0.15) is 0 Å². The predicted molar refractivity (Wildman–Crippen MR) is 112 cm³/mol. The average molecular weight is 410 g/mol. The SMILES string of the molecule is CCN(CC)CCOc1cc(NC(=O)[C@@H](N)C(C)C)ccc1OC.Cl.Cl. The monoisotopic (exact) mass is 409 g/mol. The van der Waals surface area contributed by atoms with E-state index in [0.717, 1.165) is 19.6 Å². The molecule has 1 rings (SSSR count). The number of nitrogens with two attached hydrogens (primary N) is 1. The lowest BCUT2D eigenvalue weighted by atomic mass is 10.0. The smallest absolute Gasteiger partial charge is 0.241 e. The van der Waals surface area contributed by atoms with Crippen molar-refractivity contribution in [1.29, 1.82) is 0 Å². The van der Waals surface area contributed by atoms with Crippen molar-refractivity contribution < 1.29 is 14.3 Å². The number of likely N-dealkylation sites (N-methyl/N-ethyl adjacent to an activating group) is 1. The number of rotatable bonds is 10. The van der Waals surface area contributed by atoms with Gasteiger partial charge in [-0.25, -0.2) is 0 Å². The zero-order chi connectivity index (χ0) is 18.1. The summed E-state index contributed by atoms with van der Waals surface area (Å²) in [5.74, 6) is 1.12. The Balaban J connectivity index is 0. The molecule has 0 aliphatic carbocycles. The van der Waals surface area contributed by atoms with Gasteiger partial charge in [-0.1, -0.05) is 27.7 Å². The molecular formula is C18H33Cl2N3O3. The van der Waals surface area contributed by atoms with Crippen molar-refractivity contribution in [3.05, 3.63) is 18.2 Å². The summed E-state index contributed by atoms with van der Waals surface area (Å²) in [5.41, 5.74) is 6.52. The van der Waals surface area contributed by atoms with Crippen molar-refractivity contribution in [2.75, 3.05) is 38.7 Å². The Morgan fingerprint density at radius 1 is 1.19 bits per heavy atom. The first-order chi connectivity index (χ1) is 11.4. The van der Waals surface area contributed by atoms with Crippen LogP contribution in [0.4, 0.5) is 5.69 Å². The van der Waals surface area contributed by atoms with Crippen LogP contribution in [0.25, 0.3) is 0 Å². The molecule has 152 valence electrons. The molecule has 3 N–H and O–H groups in total. The third-order valence-electron chi connectivity index (χ3n) is 4.01. The van der Waals surface area contributed by atoms with Gasteiger partial charge in [-0.15, -0.1) is 24.8 Å². The second kappa shape index (κ2) is 13.9. The molecular weight excluding hydrogens is 377 g/mol. The minimum absolute atomic E-state index is 0. The standard InChI is InChI=1S/C18H31N3O3.2ClH/c1-6-21(7-2)10-11-24-16-12-14(8-9-15(16)23-5)20-18(22)17(19)13(3)4;;/h8-9,12-13,17H,6-7,10-11,19H2,1-5H3,(H,20,22);2*1H/t17-;;/m0../s1. The van der Waals surface area contributed by atoms with Crippen molar-refractivity contribution in [2.24, 2.45) is 11.7 Å². The van der Waals surface area contributed by atoms with Gasteiger partial charge in [0.05, 0.1) is 13.2 Å². The Hall–Kier alpha value is -1.21. The largest absolute Gasteiger partial charge is 0.493 e. The summed E-state index contributed by atoms with van der Waals surface area (Å²) >= 11 is 0. The lowest BCUT2D eigenvalue weighted by Gasteiger charge is -2.19. The fraction of sp³-hybridized carbons (Fsp3) is 0.611. The fourth-order valence-electron chi connectivity index (χ4n) is 2.22. The first-order valence-electron chi connectivity index (χ1n) is 8.52. The van der Waals surface area contributed by atoms with Crippen LogP contribution in [0.5, 0.6) is 11.5 Å². The molecule has 6 nitrogen and oxygen atoms in total. The second-order valence-corrected chi connectivity index (χ2v) is 6.00. The maximum absolute atomic E-state index is 12.1. The highest BCUT2D eigenvalue weighted by Crippen LogP contribution is 2.30. The third-order valence-corrected chi connectivity index (χ3v) is 4.01. The van der Waals surface area contributed by atoms with Crippen molar-refractivity contribution in [3.63, 3.8) is 0 Å². The average Bonchev–Trinajstić information content (AvgIpc) is 2.58. The number of methoxy groups -OCH3 is 1. The van der Waals surface area contributed by atoms with Crippen LogP contribution in [0.1, 0.15) is 27.7 Å². The van der Waals surface area contributed by atoms with E-state index in [1.165, 1.54) is 0 Å². The van der Waals surface area contributed by atoms with Crippen LogP contribution < -0.4 is 20.5 Å². The summed E-state index contributed by atoms with van der Waals surface area (Å²) in [7, 11) is 1.60. The molecule has 0 aromatic heterocycles. The quantitative estimate of drug-likeness (QED) is 0.620. The molecule has 0 aliphatic rings. The first kappa shape index (κ1) is 27.0. The lowest BCUT2D eigenvalue weighted by Crippen LogP contribution is -2.39. The van der Waals surface area contributed by atoms with Crippen LogP contribution in [0.3, 0.4) is 0 Å². The van der Waals surface area contributed by atoms with Crippen molar-refractivity contribution in [1.82, 2.24) is 4.90 Å². The molecule has 0 heterocycles. The van der Waals surface area contributed by atoms with Crippen LogP contribution >= 0.6 is 24.8 Å². The molecule has 1 atom stereocenters. The van der Waals surface area contributed by atoms with Crippen LogP contribution in [0.15, 0.2) is 18.2 Å². The van der Waals surface area contributed by atoms with Gasteiger partial charge in [0.25, 0.3) is 0 Å². The van der Waals surface area contributed by atoms with E-state index < -0.39 is 6.04 Å². The number of hydrogen-bond donors (Lipinski definition) is 2. The molecule has 1 amide bonds. The Kier molecular flexibility index (Phi) is 14.5. The predicted octanol–water partition coefficient (Wildman–Crippen LogP) is 3.18. The van der Waals surface area contributed by atoms with Gasteiger partial charge in [0.1, 0.15) is 6.61 Å². The van der Waals surface area contributed by atoms with Crippen LogP contribution in [0, 0.1) is 5.92 Å². The van der Waals surface area contributed by atoms with E-state index >= 15 is 0 Å². The maximum atomic E-state index is 12.1. The Morgan fingerprint density at radius 3 is 2.31 bits per heavy atom. The molecule has 0 saturated carbocycles. The Bertz CT molecular complexity index is 526. The summed E-state index contributed by atoms with van der Waals surface area (Å²) in [6, 6.07) is 4.79. The van der Waals surface area contributed by atoms with E-state index in [4.69, 9.17) is 15.2 Å². The molecule has 26 heavy (non-hydrogen) atoms. The summed E-state index contributed by atoms with van der Waals surface area (Å²) in [6.07, 6.45) is 0. The number of amides is 1. The van der Waals surface area contributed by atoms with Gasteiger partial charge in [0.15, 0.2) is 11.5 Å². The van der Waals surface area contributed by atoms with Gasteiger partial charge >= 0.3 is 0 Å². The second-order valence-electron chi connectivity index (χ2n) is 6.00. The minimum Gasteiger partial charge on any atom is -0.493 e. The van der Waals surface area contributed by atoms with Gasteiger partial charge in [0.2, 0.25) is 5.91 Å². The van der Waals surface area contributed by atoms with E-state index in [1.54, 1.807) is 25.3 Å². The Labute approximate surface area is 169 Å². The molecule has 0 saturated heterocycles. The fourth-order valence-corrected chi connectivity index (χ4v) is 2.22. The van der Waals surface area contributed by atoms with Gasteiger partial charge in [0, 0.05) is 18.3 Å². The first-order valence-corrected chi connectivity index (χ1v) is 8.52. The number of nitrogens with one attached hydrogen (secondary N) is 1. The number of nitrogens with zero attached hydrogens (tertiary/aromatic N) is 1. The van der Waals surface area contributed by atoms with Gasteiger partial charge in [-0.3, -0.25) is 4.79 Å². The van der Waals surface area contributed by atoms with Crippen molar-refractivity contribution >= 4 is 36.4 Å². The molecule has 1 aromatic carbocycles. The number of hydrogen-bond acceptors (Lipinski definition) is 5.